The Hall–Kier alpha value is -0.118. The predicted molar refractivity (Wildman–Crippen MR) is 94.5 cm³/mol. The second kappa shape index (κ2) is 18.7. The van der Waals surface area contributed by atoms with Crippen LogP contribution in [0, 0.1) is 25.2 Å². The first-order valence-corrected chi connectivity index (χ1v) is 7.07. The monoisotopic (exact) mass is 596 g/mol. The van der Waals surface area contributed by atoms with Crippen molar-refractivity contribution in [3.8, 4) is 0 Å². The minimum Gasteiger partial charge on any atom is -0.545 e. The first-order chi connectivity index (χ1) is 10.0. The molecule has 0 fully saturated rings. The van der Waals surface area contributed by atoms with Crippen molar-refractivity contribution >= 4 is 18.4 Å². The molecular formula is C18H31N2O3WY-. The number of allylic oxidation sites excluding steroid dienone is 1. The standard InChI is InChI=1S/C9H13N2O.C7H13O.CHO.CH4.W.Y/c1-6(2)9(12)5-8-4-7(3)10-11-8;1-6(8)5-7(2,3)4;1-2;;;/h4,6,8H,3,5H2,1-2H3;1,5H2,2-4H3;1H;1H4;;/q3*-1;;+2;. The van der Waals surface area contributed by atoms with E-state index in [0.717, 1.165) is 0 Å². The van der Waals surface area contributed by atoms with Gasteiger partial charge in [-0.3, -0.25) is 11.6 Å². The summed E-state index contributed by atoms with van der Waals surface area (Å²) in [5.74, 6) is 0.338. The molecule has 0 spiro atoms. The molecule has 0 saturated carbocycles. The fraction of sp³-hybridized carbons (Fsp3) is 0.611. The number of carbonyl (C=O) groups is 2. The SMILES string of the molecule is C.[CH-]=O.[CH2-]C(=O)CC(C)(C)C.[CH2-]C1=CC(CC(=O)C(C)C)N=N1.[W+2].[Y]. The summed E-state index contributed by atoms with van der Waals surface area (Å²) in [5, 5.41) is 7.64. The number of hydrogen-bond acceptors (Lipinski definition) is 5. The van der Waals surface area contributed by atoms with Gasteiger partial charge in [-0.2, -0.15) is 11.2 Å². The van der Waals surface area contributed by atoms with Gasteiger partial charge in [-0.15, -0.1) is 0 Å². The molecule has 0 amide bonds. The van der Waals surface area contributed by atoms with Crippen LogP contribution in [0.1, 0.15) is 54.9 Å². The van der Waals surface area contributed by atoms with Gasteiger partial charge in [-0.05, 0) is 17.6 Å². The maximum absolute atomic E-state index is 11.3. The number of carbonyl (C=O) groups excluding carboxylic acids is 3. The number of Topliss-reactive ketones (excluding diaryl/α,β-unsaturated/α-hetero) is 2. The van der Waals surface area contributed by atoms with Crippen molar-refractivity contribution in [2.24, 2.45) is 21.6 Å². The summed E-state index contributed by atoms with van der Waals surface area (Å²) in [6.07, 6.45) is 2.85. The fourth-order valence-electron chi connectivity index (χ4n) is 1.57. The number of ketones is 2. The van der Waals surface area contributed by atoms with Crippen molar-refractivity contribution in [2.45, 2.75) is 60.9 Å². The van der Waals surface area contributed by atoms with E-state index in [4.69, 9.17) is 4.79 Å². The van der Waals surface area contributed by atoms with Gasteiger partial charge >= 0.3 is 21.1 Å². The summed E-state index contributed by atoms with van der Waals surface area (Å²) in [5.41, 5.74) is 0.773. The van der Waals surface area contributed by atoms with E-state index < -0.39 is 0 Å². The Bertz CT molecular complexity index is 431. The van der Waals surface area contributed by atoms with Crippen LogP contribution in [0.2, 0.25) is 0 Å². The van der Waals surface area contributed by atoms with Crippen LogP contribution in [-0.2, 0) is 68.2 Å². The number of hydrogen-bond donors (Lipinski definition) is 0. The van der Waals surface area contributed by atoms with Gasteiger partial charge in [0.05, 0.1) is 0 Å². The van der Waals surface area contributed by atoms with E-state index in [-0.39, 0.29) is 90.1 Å². The Morgan fingerprint density at radius 3 is 1.92 bits per heavy atom. The maximum atomic E-state index is 11.3. The van der Waals surface area contributed by atoms with E-state index in [1.807, 2.05) is 40.7 Å². The van der Waals surface area contributed by atoms with E-state index in [9.17, 15) is 9.59 Å². The molecule has 1 heterocycles. The Morgan fingerprint density at radius 2 is 1.72 bits per heavy atom. The van der Waals surface area contributed by atoms with Crippen molar-refractivity contribution < 1.29 is 68.2 Å². The fourth-order valence-corrected chi connectivity index (χ4v) is 1.57. The summed E-state index contributed by atoms with van der Waals surface area (Å²) in [7, 11) is 0. The number of azo groups is 1. The van der Waals surface area contributed by atoms with Crippen molar-refractivity contribution in [1.29, 1.82) is 0 Å². The molecule has 1 radical (unpaired) electrons. The largest absolute Gasteiger partial charge is 2.00 e. The zero-order valence-corrected chi connectivity index (χ0v) is 21.0. The minimum absolute atomic E-state index is 0. The van der Waals surface area contributed by atoms with E-state index in [1.54, 1.807) is 0 Å². The molecule has 1 aliphatic rings. The van der Waals surface area contributed by atoms with E-state index >= 15 is 0 Å². The van der Waals surface area contributed by atoms with Crippen LogP contribution in [-0.4, -0.2) is 24.4 Å². The van der Waals surface area contributed by atoms with Crippen molar-refractivity contribution in [3.63, 3.8) is 0 Å². The van der Waals surface area contributed by atoms with Gasteiger partial charge in [0, 0.05) is 51.1 Å². The predicted octanol–water partition coefficient (Wildman–Crippen LogP) is 4.34. The third kappa shape index (κ3) is 23.9. The quantitative estimate of drug-likeness (QED) is 0.358. The minimum atomic E-state index is -0.0626. The molecule has 1 atom stereocenters. The molecule has 0 aromatic carbocycles. The first kappa shape index (κ1) is 35.9. The topological polar surface area (TPSA) is 75.9 Å². The van der Waals surface area contributed by atoms with Crippen LogP contribution in [0.15, 0.2) is 22.0 Å². The van der Waals surface area contributed by atoms with E-state index in [2.05, 4.69) is 30.9 Å². The molecular weight excluding hydrogens is 565 g/mol. The smallest absolute Gasteiger partial charge is 0.545 e. The zero-order valence-electron chi connectivity index (χ0n) is 15.2. The van der Waals surface area contributed by atoms with Crippen molar-refractivity contribution in [3.05, 3.63) is 25.6 Å². The number of nitrogens with zero attached hydrogens (tertiary/aromatic N) is 2. The van der Waals surface area contributed by atoms with E-state index in [1.165, 1.54) is 0 Å². The average molecular weight is 596 g/mol. The van der Waals surface area contributed by atoms with Gasteiger partial charge in [0.1, 0.15) is 5.78 Å². The average Bonchev–Trinajstić information content (AvgIpc) is 2.74. The Kier molecular flexibility index (Phi) is 26.8. The third-order valence-corrected chi connectivity index (χ3v) is 2.50. The molecule has 25 heavy (non-hydrogen) atoms. The second-order valence-corrected chi connectivity index (χ2v) is 6.54. The van der Waals surface area contributed by atoms with Gasteiger partial charge in [-0.25, -0.2) is 12.0 Å². The molecule has 0 bridgehead atoms. The summed E-state index contributed by atoms with van der Waals surface area (Å²) in [6.45, 7) is 20.0. The summed E-state index contributed by atoms with van der Waals surface area (Å²) >= 11 is 0. The molecule has 0 N–H and O–H groups in total. The van der Waals surface area contributed by atoms with E-state index in [0.29, 0.717) is 18.5 Å². The number of rotatable bonds is 4. The molecule has 0 saturated heterocycles. The Labute approximate surface area is 193 Å². The molecule has 5 nitrogen and oxygen atoms in total. The van der Waals surface area contributed by atoms with Crippen molar-refractivity contribution in [1.82, 2.24) is 0 Å². The van der Waals surface area contributed by atoms with Gasteiger partial charge < -0.3 is 16.5 Å². The van der Waals surface area contributed by atoms with Crippen LogP contribution >= 0.6 is 0 Å². The summed E-state index contributed by atoms with van der Waals surface area (Å²) in [4.78, 5) is 29.4. The molecule has 0 aliphatic carbocycles. The molecule has 1 aliphatic heterocycles. The zero-order chi connectivity index (χ0) is 17.9. The molecule has 7 heteroatoms. The second-order valence-electron chi connectivity index (χ2n) is 6.54. The van der Waals surface area contributed by atoms with Crippen molar-refractivity contribution in [2.75, 3.05) is 0 Å². The van der Waals surface area contributed by atoms with Gasteiger partial charge in [-0.1, -0.05) is 47.7 Å². The van der Waals surface area contributed by atoms with Crippen LogP contribution in [0.25, 0.3) is 0 Å². The third-order valence-electron chi connectivity index (χ3n) is 2.50. The van der Waals surface area contributed by atoms with Crippen LogP contribution in [0.4, 0.5) is 0 Å². The molecule has 0 aromatic heterocycles. The van der Waals surface area contributed by atoms with Gasteiger partial charge in [0.2, 0.25) is 0 Å². The summed E-state index contributed by atoms with van der Waals surface area (Å²) in [6, 6.07) is -0.0626. The van der Waals surface area contributed by atoms with Gasteiger partial charge in [0.25, 0.3) is 0 Å². The normalized spacial score (nSPS) is 14.2. The first-order valence-electron chi connectivity index (χ1n) is 7.07. The van der Waals surface area contributed by atoms with Crippen LogP contribution in [0.3, 0.4) is 0 Å². The molecule has 1 unspecified atom stereocenters. The molecule has 1 rings (SSSR count). The Balaban J connectivity index is -0.0000000919. The summed E-state index contributed by atoms with van der Waals surface area (Å²) < 4.78 is 0. The maximum Gasteiger partial charge on any atom is 2.00 e. The van der Waals surface area contributed by atoms with Gasteiger partial charge in [0.15, 0.2) is 0 Å². The molecule has 0 aromatic rings. The molecule has 141 valence electrons. The van der Waals surface area contributed by atoms with Crippen LogP contribution in [0.5, 0.6) is 0 Å². The van der Waals surface area contributed by atoms with Crippen LogP contribution < -0.4 is 0 Å². The Morgan fingerprint density at radius 1 is 1.28 bits per heavy atom.